The summed E-state index contributed by atoms with van der Waals surface area (Å²) in [6, 6.07) is 7.29. The molecule has 1 aromatic heterocycles. The Morgan fingerprint density at radius 2 is 2.10 bits per heavy atom. The van der Waals surface area contributed by atoms with Gasteiger partial charge in [0.2, 0.25) is 0 Å². The van der Waals surface area contributed by atoms with Crippen molar-refractivity contribution < 1.29 is 23.2 Å². The highest BCUT2D eigenvalue weighted by Gasteiger charge is 2.31. The molecule has 0 amide bonds. The lowest BCUT2D eigenvalue weighted by atomic mass is 9.82. The van der Waals surface area contributed by atoms with Crippen LogP contribution in [-0.4, -0.2) is 41.9 Å². The van der Waals surface area contributed by atoms with Crippen molar-refractivity contribution in [2.24, 2.45) is 10.9 Å². The van der Waals surface area contributed by atoms with Crippen LogP contribution >= 0.6 is 0 Å². The zero-order valence-electron chi connectivity index (χ0n) is 16.9. The van der Waals surface area contributed by atoms with E-state index in [-0.39, 0.29) is 17.5 Å². The zero-order valence-corrected chi connectivity index (χ0v) is 16.9. The van der Waals surface area contributed by atoms with Crippen molar-refractivity contribution in [3.05, 3.63) is 65.0 Å². The average molecular weight is 402 g/mol. The van der Waals surface area contributed by atoms with Crippen molar-refractivity contribution in [1.29, 1.82) is 0 Å². The predicted molar refractivity (Wildman–Crippen MR) is 106 cm³/mol. The van der Waals surface area contributed by atoms with Crippen LogP contribution in [0.15, 0.2) is 41.5 Å². The number of aliphatic imine (C=N–C) groups is 1. The highest BCUT2D eigenvalue weighted by molar-refractivity contribution is 6.01. The van der Waals surface area contributed by atoms with Gasteiger partial charge in [0.15, 0.2) is 12.7 Å². The summed E-state index contributed by atoms with van der Waals surface area (Å²) < 4.78 is 30.7. The highest BCUT2D eigenvalue weighted by atomic mass is 19.1. The van der Waals surface area contributed by atoms with Crippen molar-refractivity contribution in [3.63, 3.8) is 0 Å². The number of likely N-dealkylation sites (N-methyl/N-ethyl adjacent to an activating group) is 1. The molecule has 154 valence electrons. The van der Waals surface area contributed by atoms with E-state index in [0.717, 1.165) is 6.07 Å². The molecule has 0 spiro atoms. The van der Waals surface area contributed by atoms with E-state index < -0.39 is 17.6 Å². The summed E-state index contributed by atoms with van der Waals surface area (Å²) >= 11 is 0. The molecule has 3 rings (SSSR count). The quantitative estimate of drug-likeness (QED) is 0.722. The van der Waals surface area contributed by atoms with E-state index in [1.165, 1.54) is 6.07 Å². The van der Waals surface area contributed by atoms with E-state index in [2.05, 4.69) is 4.99 Å². The molecule has 2 aromatic rings. The van der Waals surface area contributed by atoms with Gasteiger partial charge >= 0.3 is 5.97 Å². The Labute approximate surface area is 169 Å². The molecular formula is C22H26F2N3O2+. The van der Waals surface area contributed by atoms with E-state index >= 15 is 0 Å². The van der Waals surface area contributed by atoms with Gasteiger partial charge in [-0.25, -0.2) is 13.6 Å². The maximum absolute atomic E-state index is 14.9. The normalized spacial score (nSPS) is 15.9. The van der Waals surface area contributed by atoms with E-state index in [0.29, 0.717) is 43.0 Å². The van der Waals surface area contributed by atoms with E-state index in [9.17, 15) is 18.7 Å². The molecule has 1 unspecified atom stereocenters. The Hall–Kier alpha value is -2.83. The molecule has 0 saturated heterocycles. The van der Waals surface area contributed by atoms with Gasteiger partial charge in [0.1, 0.15) is 17.5 Å². The third kappa shape index (κ3) is 4.28. The molecule has 0 radical (unpaired) electrons. The monoisotopic (exact) mass is 402 g/mol. The number of amidine groups is 1. The fraction of sp³-hybridized carbons (Fsp3) is 0.409. The van der Waals surface area contributed by atoms with Gasteiger partial charge in [-0.1, -0.05) is 13.8 Å². The van der Waals surface area contributed by atoms with Gasteiger partial charge in [0.05, 0.1) is 12.1 Å². The second-order valence-corrected chi connectivity index (χ2v) is 7.51. The lowest BCUT2D eigenvalue weighted by Crippen LogP contribution is -2.43. The minimum atomic E-state index is -1.01. The maximum Gasteiger partial charge on any atom is 0.401 e. The summed E-state index contributed by atoms with van der Waals surface area (Å²) in [5.74, 6) is -1.92. The lowest BCUT2D eigenvalue weighted by Gasteiger charge is -2.26. The Bertz CT molecular complexity index is 946. The molecular weight excluding hydrogens is 376 g/mol. The first-order chi connectivity index (χ1) is 13.8. The van der Waals surface area contributed by atoms with E-state index in [1.807, 2.05) is 25.8 Å². The van der Waals surface area contributed by atoms with Gasteiger partial charge in [-0.15, -0.1) is 0 Å². The Morgan fingerprint density at radius 1 is 1.34 bits per heavy atom. The van der Waals surface area contributed by atoms with Crippen molar-refractivity contribution in [1.82, 2.24) is 4.90 Å². The van der Waals surface area contributed by atoms with E-state index in [4.69, 9.17) is 0 Å². The number of rotatable bonds is 7. The number of aromatic nitrogens is 1. The molecule has 0 bridgehead atoms. The summed E-state index contributed by atoms with van der Waals surface area (Å²) in [5, 5.41) is 9.44. The largest absolute Gasteiger partial charge is 0.473 e. The Balaban J connectivity index is 2.01. The van der Waals surface area contributed by atoms with Crippen molar-refractivity contribution in [2.75, 3.05) is 20.1 Å². The second-order valence-electron chi connectivity index (χ2n) is 7.51. The van der Waals surface area contributed by atoms with Gasteiger partial charge in [-0.2, -0.15) is 4.57 Å². The van der Waals surface area contributed by atoms with Crippen LogP contribution in [0.4, 0.5) is 8.78 Å². The second kappa shape index (κ2) is 8.68. The molecule has 7 heteroatoms. The summed E-state index contributed by atoms with van der Waals surface area (Å²) in [5.41, 5.74) is 1.11. The minimum Gasteiger partial charge on any atom is -0.473 e. The fourth-order valence-corrected chi connectivity index (χ4v) is 4.12. The summed E-state index contributed by atoms with van der Waals surface area (Å²) in [6.07, 6.45) is 2.37. The number of carboxylic acids is 1. The summed E-state index contributed by atoms with van der Waals surface area (Å²) in [4.78, 5) is 17.8. The number of pyridine rings is 1. The first-order valence-electron chi connectivity index (χ1n) is 9.80. The molecule has 0 fully saturated rings. The number of benzene rings is 1. The molecule has 29 heavy (non-hydrogen) atoms. The third-order valence-corrected chi connectivity index (χ3v) is 5.54. The molecule has 2 atom stereocenters. The van der Waals surface area contributed by atoms with Crippen LogP contribution in [0.3, 0.4) is 0 Å². The fourth-order valence-electron chi connectivity index (χ4n) is 4.12. The number of aromatic carboxylic acids is 1. The molecule has 1 aliphatic rings. The molecule has 1 N–H and O–H groups in total. The molecule has 2 heterocycles. The van der Waals surface area contributed by atoms with Gasteiger partial charge in [-0.3, -0.25) is 4.99 Å². The van der Waals surface area contributed by atoms with Crippen LogP contribution in [0.2, 0.25) is 0 Å². The van der Waals surface area contributed by atoms with Gasteiger partial charge < -0.3 is 10.0 Å². The topological polar surface area (TPSA) is 56.8 Å². The third-order valence-electron chi connectivity index (χ3n) is 5.54. The predicted octanol–water partition coefficient (Wildman–Crippen LogP) is 3.47. The molecule has 1 aliphatic heterocycles. The smallest absolute Gasteiger partial charge is 0.401 e. The number of nitrogens with zero attached hydrogens (tertiary/aromatic N) is 3. The van der Waals surface area contributed by atoms with Gasteiger partial charge in [0.25, 0.3) is 5.69 Å². The number of halogens is 2. The van der Waals surface area contributed by atoms with Crippen molar-refractivity contribution >= 4 is 11.8 Å². The molecule has 0 aliphatic carbocycles. The van der Waals surface area contributed by atoms with Crippen LogP contribution in [0.25, 0.3) is 0 Å². The van der Waals surface area contributed by atoms with Crippen LogP contribution in [-0.2, 0) is 6.54 Å². The number of carbonyl (C=O) groups is 1. The molecule has 1 aromatic carbocycles. The van der Waals surface area contributed by atoms with Gasteiger partial charge in [0, 0.05) is 37.7 Å². The standard InChI is InChI=1S/C22H25F2N3O2/c1-4-16(14(2)13-27-9-6-5-7-19(27)22(28)29)17-11-15(23)12-18(24)20(17)21-25-8-10-26(21)3/h5-7,9,11-12,14,16H,4,8,10,13H2,1-3H3/p+1/t14-,16?/m0/s1. The van der Waals surface area contributed by atoms with Crippen LogP contribution in [0.5, 0.6) is 0 Å². The highest BCUT2D eigenvalue weighted by Crippen LogP contribution is 2.34. The van der Waals surface area contributed by atoms with Gasteiger partial charge in [-0.05, 0) is 30.0 Å². The van der Waals surface area contributed by atoms with Crippen molar-refractivity contribution in [2.45, 2.75) is 32.7 Å². The van der Waals surface area contributed by atoms with Crippen LogP contribution in [0.1, 0.15) is 47.8 Å². The van der Waals surface area contributed by atoms with Crippen LogP contribution < -0.4 is 4.57 Å². The van der Waals surface area contributed by atoms with Crippen molar-refractivity contribution in [3.8, 4) is 0 Å². The maximum atomic E-state index is 14.9. The Morgan fingerprint density at radius 3 is 2.72 bits per heavy atom. The average Bonchev–Trinajstić information content (AvgIpc) is 3.07. The van der Waals surface area contributed by atoms with Crippen LogP contribution in [0, 0.1) is 17.6 Å². The molecule has 0 saturated carbocycles. The number of hydrogen-bond acceptors (Lipinski definition) is 3. The lowest BCUT2D eigenvalue weighted by molar-refractivity contribution is -0.705. The first kappa shape index (κ1) is 20.9. The summed E-state index contributed by atoms with van der Waals surface area (Å²) in [7, 11) is 1.85. The number of carboxylic acid groups (broad SMARTS) is 1. The molecule has 5 nitrogen and oxygen atoms in total. The minimum absolute atomic E-state index is 0.0576. The zero-order chi connectivity index (χ0) is 21.1. The van der Waals surface area contributed by atoms with E-state index in [1.54, 1.807) is 29.0 Å². The SMILES string of the molecule is CCC(c1cc(F)cc(F)c1C1=NCCN1C)[C@@H](C)C[n+]1ccccc1C(=O)O. The summed E-state index contributed by atoms with van der Waals surface area (Å²) in [6.45, 7) is 5.64. The first-order valence-corrected chi connectivity index (χ1v) is 9.80. The Kier molecular flexibility index (Phi) is 6.25. The number of hydrogen-bond donors (Lipinski definition) is 1.